The van der Waals surface area contributed by atoms with Gasteiger partial charge in [0.25, 0.3) is 0 Å². The zero-order chi connectivity index (χ0) is 12.5. The van der Waals surface area contributed by atoms with Crippen molar-refractivity contribution in [2.45, 2.75) is 27.2 Å². The summed E-state index contributed by atoms with van der Waals surface area (Å²) in [5.41, 5.74) is 0.295. The lowest BCUT2D eigenvalue weighted by Gasteiger charge is -2.20. The van der Waals surface area contributed by atoms with Crippen LogP contribution < -0.4 is 5.46 Å². The van der Waals surface area contributed by atoms with Crippen molar-refractivity contribution in [2.75, 3.05) is 0 Å². The second-order valence-electron chi connectivity index (χ2n) is 5.08. The molecule has 2 N–H and O–H groups in total. The van der Waals surface area contributed by atoms with E-state index in [9.17, 15) is 8.78 Å². The molecule has 1 rings (SSSR count). The topological polar surface area (TPSA) is 40.5 Å². The van der Waals surface area contributed by atoms with Gasteiger partial charge in [0, 0.05) is 0 Å². The molecule has 88 valence electrons. The van der Waals surface area contributed by atoms with Crippen LogP contribution in [0.25, 0.3) is 0 Å². The van der Waals surface area contributed by atoms with Crippen LogP contribution in [0.1, 0.15) is 26.3 Å². The molecule has 0 aliphatic rings. The van der Waals surface area contributed by atoms with E-state index in [0.29, 0.717) is 12.0 Å². The van der Waals surface area contributed by atoms with Crippen LogP contribution in [0.15, 0.2) is 12.1 Å². The van der Waals surface area contributed by atoms with Gasteiger partial charge in [-0.15, -0.1) is 0 Å². The van der Waals surface area contributed by atoms with Crippen molar-refractivity contribution >= 4 is 12.6 Å². The fourth-order valence-corrected chi connectivity index (χ4v) is 1.57. The number of hydrogen-bond donors (Lipinski definition) is 2. The molecule has 1 aromatic rings. The Hall–Kier alpha value is -0.935. The first kappa shape index (κ1) is 13.1. The van der Waals surface area contributed by atoms with Crippen molar-refractivity contribution in [3.63, 3.8) is 0 Å². The van der Waals surface area contributed by atoms with Gasteiger partial charge in [-0.05, 0) is 35.0 Å². The summed E-state index contributed by atoms with van der Waals surface area (Å²) < 4.78 is 26.0. The van der Waals surface area contributed by atoms with Crippen LogP contribution in [0.4, 0.5) is 8.78 Å². The van der Waals surface area contributed by atoms with Gasteiger partial charge in [-0.1, -0.05) is 20.8 Å². The van der Waals surface area contributed by atoms with Crippen LogP contribution in [-0.4, -0.2) is 17.2 Å². The van der Waals surface area contributed by atoms with E-state index in [4.69, 9.17) is 10.0 Å². The van der Waals surface area contributed by atoms with Gasteiger partial charge in [-0.25, -0.2) is 8.78 Å². The molecule has 2 nitrogen and oxygen atoms in total. The monoisotopic (exact) mass is 228 g/mol. The van der Waals surface area contributed by atoms with E-state index in [-0.39, 0.29) is 10.9 Å². The lowest BCUT2D eigenvalue weighted by Crippen LogP contribution is -2.35. The molecule has 1 aromatic carbocycles. The van der Waals surface area contributed by atoms with Gasteiger partial charge in [0.15, 0.2) is 11.6 Å². The minimum atomic E-state index is -1.78. The third-order valence-corrected chi connectivity index (χ3v) is 2.18. The average molecular weight is 228 g/mol. The minimum absolute atomic E-state index is 0.0221. The molecule has 0 amide bonds. The maximum Gasteiger partial charge on any atom is 0.488 e. The van der Waals surface area contributed by atoms with Gasteiger partial charge < -0.3 is 10.0 Å². The van der Waals surface area contributed by atoms with Crippen molar-refractivity contribution < 1.29 is 18.8 Å². The zero-order valence-electron chi connectivity index (χ0n) is 9.59. The summed E-state index contributed by atoms with van der Waals surface area (Å²) in [6.07, 6.45) is 0.442. The molecule has 0 aromatic heterocycles. The first-order valence-corrected chi connectivity index (χ1v) is 5.04. The highest BCUT2D eigenvalue weighted by molar-refractivity contribution is 6.59. The highest BCUT2D eigenvalue weighted by Gasteiger charge is 2.22. The lowest BCUT2D eigenvalue weighted by molar-refractivity contribution is 0.404. The van der Waals surface area contributed by atoms with Gasteiger partial charge in [0.05, 0.1) is 0 Å². The Kier molecular flexibility index (Phi) is 3.70. The van der Waals surface area contributed by atoms with Crippen LogP contribution in [0.2, 0.25) is 0 Å². The molecular weight excluding hydrogens is 213 g/mol. The highest BCUT2D eigenvalue weighted by Crippen LogP contribution is 2.21. The van der Waals surface area contributed by atoms with Gasteiger partial charge in [0.1, 0.15) is 0 Å². The van der Waals surface area contributed by atoms with Crippen molar-refractivity contribution in [1.82, 2.24) is 0 Å². The SMILES string of the molecule is CC(C)(C)Cc1cc(F)c(F)cc1B(O)O. The number of hydrogen-bond acceptors (Lipinski definition) is 2. The second-order valence-corrected chi connectivity index (χ2v) is 5.08. The molecule has 0 spiro atoms. The number of halogens is 2. The van der Waals surface area contributed by atoms with E-state index < -0.39 is 18.8 Å². The summed E-state index contributed by atoms with van der Waals surface area (Å²) in [5, 5.41) is 18.2. The summed E-state index contributed by atoms with van der Waals surface area (Å²) in [6, 6.07) is 1.86. The van der Waals surface area contributed by atoms with Crippen molar-refractivity contribution in [1.29, 1.82) is 0 Å². The Morgan fingerprint density at radius 1 is 1.12 bits per heavy atom. The fourth-order valence-electron chi connectivity index (χ4n) is 1.57. The predicted octanol–water partition coefficient (Wildman–Crippen LogP) is 1.23. The van der Waals surface area contributed by atoms with E-state index in [2.05, 4.69) is 0 Å². The highest BCUT2D eigenvalue weighted by atomic mass is 19.2. The molecule has 0 atom stereocenters. The van der Waals surface area contributed by atoms with Crippen LogP contribution in [0, 0.1) is 17.0 Å². The van der Waals surface area contributed by atoms with Gasteiger partial charge in [0.2, 0.25) is 0 Å². The molecule has 0 aliphatic heterocycles. The molecule has 0 heterocycles. The molecule has 16 heavy (non-hydrogen) atoms. The van der Waals surface area contributed by atoms with Gasteiger partial charge in [-0.2, -0.15) is 0 Å². The third-order valence-electron chi connectivity index (χ3n) is 2.18. The quantitative estimate of drug-likeness (QED) is 0.747. The van der Waals surface area contributed by atoms with E-state index in [1.807, 2.05) is 20.8 Å². The molecule has 0 saturated carbocycles. The van der Waals surface area contributed by atoms with Gasteiger partial charge in [-0.3, -0.25) is 0 Å². The fraction of sp³-hybridized carbons (Fsp3) is 0.455. The third kappa shape index (κ3) is 3.28. The standard InChI is InChI=1S/C11H15BF2O2/c1-11(2,3)6-7-4-9(13)10(14)5-8(7)12(15)16/h4-5,15-16H,6H2,1-3H3. The maximum absolute atomic E-state index is 13.1. The first-order chi connectivity index (χ1) is 7.20. The summed E-state index contributed by atoms with van der Waals surface area (Å²) in [7, 11) is -1.78. The van der Waals surface area contributed by atoms with E-state index >= 15 is 0 Å². The van der Waals surface area contributed by atoms with Crippen LogP contribution in [-0.2, 0) is 6.42 Å². The van der Waals surface area contributed by atoms with Crippen LogP contribution >= 0.6 is 0 Å². The molecule has 5 heteroatoms. The Labute approximate surface area is 94.1 Å². The smallest absolute Gasteiger partial charge is 0.423 e. The zero-order valence-corrected chi connectivity index (χ0v) is 9.59. The summed E-state index contributed by atoms with van der Waals surface area (Å²) in [5.74, 6) is -2.04. The van der Waals surface area contributed by atoms with Crippen molar-refractivity contribution in [3.05, 3.63) is 29.3 Å². The molecule has 0 fully saturated rings. The lowest BCUT2D eigenvalue weighted by atomic mass is 9.73. The Balaban J connectivity index is 3.20. The molecule has 0 saturated heterocycles. The summed E-state index contributed by atoms with van der Waals surface area (Å²) in [6.45, 7) is 5.80. The normalized spacial score (nSPS) is 11.7. The molecule has 0 unspecified atom stereocenters. The summed E-state index contributed by atoms with van der Waals surface area (Å²) >= 11 is 0. The molecular formula is C11H15BF2O2. The van der Waals surface area contributed by atoms with Crippen LogP contribution in [0.5, 0.6) is 0 Å². The van der Waals surface area contributed by atoms with Crippen LogP contribution in [0.3, 0.4) is 0 Å². The van der Waals surface area contributed by atoms with E-state index in [1.54, 1.807) is 0 Å². The van der Waals surface area contributed by atoms with Crippen molar-refractivity contribution in [3.8, 4) is 0 Å². The largest absolute Gasteiger partial charge is 0.488 e. The Bertz CT molecular complexity index is 386. The molecule has 0 bridgehead atoms. The van der Waals surface area contributed by atoms with E-state index in [1.165, 1.54) is 0 Å². The maximum atomic E-state index is 13.1. The second kappa shape index (κ2) is 4.51. The number of benzene rings is 1. The average Bonchev–Trinajstić information content (AvgIpc) is 2.07. The van der Waals surface area contributed by atoms with Gasteiger partial charge >= 0.3 is 7.12 Å². The minimum Gasteiger partial charge on any atom is -0.423 e. The van der Waals surface area contributed by atoms with E-state index in [0.717, 1.165) is 12.1 Å². The molecule has 0 radical (unpaired) electrons. The van der Waals surface area contributed by atoms with Crippen molar-refractivity contribution in [2.24, 2.45) is 5.41 Å². The number of rotatable bonds is 2. The Morgan fingerprint density at radius 2 is 1.62 bits per heavy atom. The first-order valence-electron chi connectivity index (χ1n) is 5.04. The molecule has 0 aliphatic carbocycles. The predicted molar refractivity (Wildman–Crippen MR) is 59.3 cm³/mol. The Morgan fingerprint density at radius 3 is 2.06 bits per heavy atom. The summed E-state index contributed by atoms with van der Waals surface area (Å²) in [4.78, 5) is 0.